The van der Waals surface area contributed by atoms with Gasteiger partial charge in [-0.25, -0.2) is 17.6 Å². The molecule has 0 aromatic heterocycles. The van der Waals surface area contributed by atoms with E-state index >= 15 is 4.39 Å². The third-order valence-electron chi connectivity index (χ3n) is 4.89. The molecule has 0 nitrogen and oxygen atoms in total. The molecule has 3 aromatic rings. The number of benzene rings is 3. The molecule has 0 aliphatic heterocycles. The van der Waals surface area contributed by atoms with Crippen molar-refractivity contribution in [3.63, 3.8) is 0 Å². The van der Waals surface area contributed by atoms with Crippen LogP contribution in [0.15, 0.2) is 42.5 Å². The molecule has 0 unspecified atom stereocenters. The molecule has 0 N–H and O–H groups in total. The lowest BCUT2D eigenvalue weighted by Gasteiger charge is -2.11. The summed E-state index contributed by atoms with van der Waals surface area (Å²) in [5, 5.41) is 0. The van der Waals surface area contributed by atoms with Crippen LogP contribution >= 0.6 is 0 Å². The first-order chi connectivity index (χ1) is 12.5. The molecule has 0 atom stereocenters. The number of hydrogen-bond acceptors (Lipinski definition) is 0. The Morgan fingerprint density at radius 1 is 0.808 bits per heavy atom. The maximum atomic E-state index is 15.1. The standard InChI is InChI=1S/C22H16F4/c1-2-3-12-4-6-15-14(8-12)9-17-16(15)11-20(25)21(22(17)26)13-5-7-18(23)19(24)10-13/h4-8,10-11H,2-3,9H2,1H3. The summed E-state index contributed by atoms with van der Waals surface area (Å²) in [6.45, 7) is 2.09. The average Bonchev–Trinajstić information content (AvgIpc) is 2.96. The highest BCUT2D eigenvalue weighted by Gasteiger charge is 2.27. The van der Waals surface area contributed by atoms with Crippen LogP contribution < -0.4 is 0 Å². The molecule has 1 aliphatic carbocycles. The molecular weight excluding hydrogens is 340 g/mol. The molecule has 0 amide bonds. The van der Waals surface area contributed by atoms with Crippen LogP contribution in [-0.2, 0) is 12.8 Å². The predicted molar refractivity (Wildman–Crippen MR) is 93.9 cm³/mol. The highest BCUT2D eigenvalue weighted by atomic mass is 19.2. The molecule has 0 saturated heterocycles. The van der Waals surface area contributed by atoms with Crippen LogP contribution in [0.2, 0.25) is 0 Å². The summed E-state index contributed by atoms with van der Waals surface area (Å²) in [5.74, 6) is -3.67. The molecule has 0 fully saturated rings. The van der Waals surface area contributed by atoms with E-state index in [1.165, 1.54) is 17.7 Å². The highest BCUT2D eigenvalue weighted by Crippen LogP contribution is 2.42. The van der Waals surface area contributed by atoms with Gasteiger partial charge in [0.2, 0.25) is 0 Å². The Balaban J connectivity index is 1.85. The molecule has 4 heteroatoms. The van der Waals surface area contributed by atoms with Crippen LogP contribution in [0.1, 0.15) is 30.0 Å². The van der Waals surface area contributed by atoms with Gasteiger partial charge in [-0.05, 0) is 52.4 Å². The Morgan fingerprint density at radius 3 is 2.35 bits per heavy atom. The fourth-order valence-corrected chi connectivity index (χ4v) is 3.68. The third kappa shape index (κ3) is 2.61. The minimum atomic E-state index is -1.13. The van der Waals surface area contributed by atoms with Gasteiger partial charge in [-0.3, -0.25) is 0 Å². The third-order valence-corrected chi connectivity index (χ3v) is 4.89. The number of aryl methyl sites for hydroxylation is 1. The maximum Gasteiger partial charge on any atom is 0.159 e. The van der Waals surface area contributed by atoms with E-state index in [1.807, 2.05) is 18.2 Å². The van der Waals surface area contributed by atoms with Gasteiger partial charge < -0.3 is 0 Å². The SMILES string of the molecule is CCCc1ccc2c(c1)Cc1c-2cc(F)c(-c2ccc(F)c(F)c2)c1F. The monoisotopic (exact) mass is 356 g/mol. The quantitative estimate of drug-likeness (QED) is 0.371. The second kappa shape index (κ2) is 6.27. The van der Waals surface area contributed by atoms with Gasteiger partial charge in [0.1, 0.15) is 11.6 Å². The van der Waals surface area contributed by atoms with Crippen molar-refractivity contribution in [1.29, 1.82) is 0 Å². The Morgan fingerprint density at radius 2 is 1.62 bits per heavy atom. The first-order valence-electron chi connectivity index (χ1n) is 8.58. The van der Waals surface area contributed by atoms with Gasteiger partial charge in [-0.15, -0.1) is 0 Å². The molecule has 0 saturated carbocycles. The number of hydrogen-bond donors (Lipinski definition) is 0. The molecule has 0 spiro atoms. The summed E-state index contributed by atoms with van der Waals surface area (Å²) in [5.41, 5.74) is 3.56. The first kappa shape index (κ1) is 16.8. The second-order valence-corrected chi connectivity index (χ2v) is 6.62. The van der Waals surface area contributed by atoms with Crippen LogP contribution in [0.5, 0.6) is 0 Å². The van der Waals surface area contributed by atoms with Crippen molar-refractivity contribution >= 4 is 0 Å². The van der Waals surface area contributed by atoms with Crippen molar-refractivity contribution in [2.45, 2.75) is 26.2 Å². The molecule has 4 rings (SSSR count). The average molecular weight is 356 g/mol. The molecule has 0 bridgehead atoms. The van der Waals surface area contributed by atoms with E-state index in [2.05, 4.69) is 6.92 Å². The van der Waals surface area contributed by atoms with E-state index in [1.54, 1.807) is 0 Å². The van der Waals surface area contributed by atoms with Crippen molar-refractivity contribution in [3.05, 3.63) is 82.4 Å². The van der Waals surface area contributed by atoms with Gasteiger partial charge in [0, 0.05) is 12.0 Å². The van der Waals surface area contributed by atoms with E-state index in [0.29, 0.717) is 17.5 Å². The zero-order chi connectivity index (χ0) is 18.4. The van der Waals surface area contributed by atoms with E-state index in [9.17, 15) is 13.2 Å². The van der Waals surface area contributed by atoms with Crippen molar-refractivity contribution in [1.82, 2.24) is 0 Å². The number of rotatable bonds is 3. The summed E-state index contributed by atoms with van der Waals surface area (Å²) >= 11 is 0. The smallest absolute Gasteiger partial charge is 0.159 e. The van der Waals surface area contributed by atoms with E-state index < -0.39 is 23.3 Å². The predicted octanol–water partition coefficient (Wildman–Crippen LogP) is 6.43. The van der Waals surface area contributed by atoms with Crippen LogP contribution in [0.3, 0.4) is 0 Å². The molecule has 0 radical (unpaired) electrons. The van der Waals surface area contributed by atoms with Gasteiger partial charge in [0.25, 0.3) is 0 Å². The molecule has 26 heavy (non-hydrogen) atoms. The van der Waals surface area contributed by atoms with Crippen molar-refractivity contribution in [2.75, 3.05) is 0 Å². The fraction of sp³-hybridized carbons (Fsp3) is 0.182. The Labute approximate surface area is 149 Å². The van der Waals surface area contributed by atoms with E-state index in [4.69, 9.17) is 0 Å². The summed E-state index contributed by atoms with van der Waals surface area (Å²) in [4.78, 5) is 0. The number of fused-ring (bicyclic) bond motifs is 3. The Kier molecular flexibility index (Phi) is 4.06. The van der Waals surface area contributed by atoms with Gasteiger partial charge in [0.15, 0.2) is 11.6 Å². The molecule has 132 valence electrons. The van der Waals surface area contributed by atoms with Crippen molar-refractivity contribution in [3.8, 4) is 22.3 Å². The first-order valence-corrected chi connectivity index (χ1v) is 8.58. The Hall–Kier alpha value is -2.62. The summed E-state index contributed by atoms with van der Waals surface area (Å²) in [6.07, 6.45) is 2.31. The fourth-order valence-electron chi connectivity index (χ4n) is 3.68. The lowest BCUT2D eigenvalue weighted by molar-refractivity contribution is 0.508. The lowest BCUT2D eigenvalue weighted by Crippen LogP contribution is -1.98. The Bertz CT molecular complexity index is 1020. The van der Waals surface area contributed by atoms with E-state index in [0.717, 1.165) is 36.1 Å². The summed E-state index contributed by atoms with van der Waals surface area (Å²) < 4.78 is 56.4. The minimum Gasteiger partial charge on any atom is -0.206 e. The van der Waals surface area contributed by atoms with Crippen molar-refractivity contribution in [2.24, 2.45) is 0 Å². The zero-order valence-electron chi connectivity index (χ0n) is 14.2. The normalized spacial score (nSPS) is 12.2. The van der Waals surface area contributed by atoms with E-state index in [-0.39, 0.29) is 11.1 Å². The van der Waals surface area contributed by atoms with Gasteiger partial charge in [0.05, 0.1) is 5.56 Å². The largest absolute Gasteiger partial charge is 0.206 e. The lowest BCUT2D eigenvalue weighted by atomic mass is 9.97. The zero-order valence-corrected chi connectivity index (χ0v) is 14.2. The van der Waals surface area contributed by atoms with Gasteiger partial charge in [-0.1, -0.05) is 37.6 Å². The minimum absolute atomic E-state index is 0.00988. The summed E-state index contributed by atoms with van der Waals surface area (Å²) in [7, 11) is 0. The van der Waals surface area contributed by atoms with Gasteiger partial charge in [-0.2, -0.15) is 0 Å². The molecular formula is C22H16F4. The highest BCUT2D eigenvalue weighted by molar-refractivity contribution is 5.81. The summed E-state index contributed by atoms with van der Waals surface area (Å²) in [6, 6.07) is 10.1. The topological polar surface area (TPSA) is 0 Å². The van der Waals surface area contributed by atoms with Crippen LogP contribution in [0, 0.1) is 23.3 Å². The van der Waals surface area contributed by atoms with Gasteiger partial charge >= 0.3 is 0 Å². The van der Waals surface area contributed by atoms with Crippen molar-refractivity contribution < 1.29 is 17.6 Å². The second-order valence-electron chi connectivity index (χ2n) is 6.62. The number of halogens is 4. The van der Waals surface area contributed by atoms with Crippen LogP contribution in [0.4, 0.5) is 17.6 Å². The molecule has 0 heterocycles. The molecule has 3 aromatic carbocycles. The van der Waals surface area contributed by atoms with Crippen LogP contribution in [0.25, 0.3) is 22.3 Å². The molecule has 1 aliphatic rings. The van der Waals surface area contributed by atoms with Crippen LogP contribution in [-0.4, -0.2) is 0 Å². The maximum absolute atomic E-state index is 15.1.